The van der Waals surface area contributed by atoms with Gasteiger partial charge in [0.15, 0.2) is 0 Å². The number of rotatable bonds is 9. The zero-order chi connectivity index (χ0) is 11.7. The average molecular weight is 258 g/mol. The van der Waals surface area contributed by atoms with Gasteiger partial charge in [-0.05, 0) is 19.8 Å². The van der Waals surface area contributed by atoms with Crippen molar-refractivity contribution in [3.05, 3.63) is 0 Å². The van der Waals surface area contributed by atoms with Gasteiger partial charge in [0.05, 0.1) is 10.1 Å². The predicted molar refractivity (Wildman–Crippen MR) is 57.6 cm³/mol. The second-order valence-electron chi connectivity index (χ2n) is 3.84. The van der Waals surface area contributed by atoms with Crippen LogP contribution in [0.1, 0.15) is 51.9 Å². The molecule has 0 unspecified atom stereocenters. The first-order valence-corrected chi connectivity index (χ1v) is 6.92. The minimum atomic E-state index is -4.03. The van der Waals surface area contributed by atoms with Crippen molar-refractivity contribution in [2.24, 2.45) is 0 Å². The molecular weight excluding hydrogens is 239 g/mol. The topological polar surface area (TPSA) is 74.3 Å². The first-order valence-electron chi connectivity index (χ1n) is 5.35. The molecule has 0 aliphatic heterocycles. The van der Waals surface area contributed by atoms with Crippen LogP contribution in [0.25, 0.3) is 0 Å². The van der Waals surface area contributed by atoms with E-state index in [0.717, 1.165) is 32.1 Å². The Hall–Kier alpha value is 0.580. The van der Waals surface area contributed by atoms with Crippen LogP contribution in [0.4, 0.5) is 0 Å². The molecule has 0 aromatic heterocycles. The first kappa shape index (κ1) is 18.9. The Morgan fingerprint density at radius 2 is 1.44 bits per heavy atom. The number of Topliss-reactive ketones (excluding diaryl/α,β-unsaturated/α-hetero) is 1. The molecule has 0 amide bonds. The fourth-order valence-electron chi connectivity index (χ4n) is 1.36. The predicted octanol–water partition coefficient (Wildman–Crippen LogP) is -1.14. The Morgan fingerprint density at radius 1 is 1.00 bits per heavy atom. The summed E-state index contributed by atoms with van der Waals surface area (Å²) in [6.07, 6.45) is 5.73. The van der Waals surface area contributed by atoms with E-state index >= 15 is 0 Å². The maximum Gasteiger partial charge on any atom is 1.00 e. The Morgan fingerprint density at radius 3 is 1.88 bits per heavy atom. The third kappa shape index (κ3) is 17.0. The molecule has 0 aliphatic rings. The van der Waals surface area contributed by atoms with E-state index in [2.05, 4.69) is 0 Å². The summed E-state index contributed by atoms with van der Waals surface area (Å²) in [4.78, 5) is 10.6. The van der Waals surface area contributed by atoms with Crippen LogP contribution in [-0.4, -0.2) is 24.5 Å². The molecule has 6 heteroatoms. The van der Waals surface area contributed by atoms with Crippen LogP contribution < -0.4 is 29.6 Å². The fourth-order valence-corrected chi connectivity index (χ4v) is 1.92. The zero-order valence-corrected chi connectivity index (χ0v) is 13.0. The van der Waals surface area contributed by atoms with Crippen LogP contribution in [0.15, 0.2) is 0 Å². The third-order valence-electron chi connectivity index (χ3n) is 2.17. The number of carbonyl (C=O) groups is 1. The summed E-state index contributed by atoms with van der Waals surface area (Å²) >= 11 is 0. The minimum absolute atomic E-state index is 0. The van der Waals surface area contributed by atoms with Crippen LogP contribution in [0, 0.1) is 0 Å². The smallest absolute Gasteiger partial charge is 0.748 e. The Balaban J connectivity index is 0. The maximum absolute atomic E-state index is 10.6. The minimum Gasteiger partial charge on any atom is -0.748 e. The molecule has 0 spiro atoms. The molecule has 0 aliphatic carbocycles. The van der Waals surface area contributed by atoms with E-state index in [4.69, 9.17) is 0 Å². The van der Waals surface area contributed by atoms with Gasteiger partial charge in [0.25, 0.3) is 0 Å². The summed E-state index contributed by atoms with van der Waals surface area (Å²) in [6.45, 7) is 1.58. The van der Waals surface area contributed by atoms with Gasteiger partial charge in [-0.3, -0.25) is 0 Å². The molecule has 0 atom stereocenters. The summed E-state index contributed by atoms with van der Waals surface area (Å²) in [5, 5.41) is 0. The summed E-state index contributed by atoms with van der Waals surface area (Å²) in [6, 6.07) is 0. The van der Waals surface area contributed by atoms with Gasteiger partial charge in [-0.2, -0.15) is 0 Å². The van der Waals surface area contributed by atoms with Crippen molar-refractivity contribution < 1.29 is 47.3 Å². The molecule has 0 rings (SSSR count). The van der Waals surface area contributed by atoms with Crippen molar-refractivity contribution in [2.45, 2.75) is 51.9 Å². The zero-order valence-electron chi connectivity index (χ0n) is 10.2. The molecular formula is C10H19NaO4S. The standard InChI is InChI=1S/C10H20O4S.Na/c1-10(11)8-6-4-2-3-5-7-9-15(12,13)14;/h2-9H2,1H3,(H,12,13,14);/q;+1/p-1. The largest absolute Gasteiger partial charge is 1.00 e. The van der Waals surface area contributed by atoms with Crippen molar-refractivity contribution in [2.75, 3.05) is 5.75 Å². The van der Waals surface area contributed by atoms with Gasteiger partial charge in [-0.1, -0.05) is 25.7 Å². The molecule has 0 heterocycles. The van der Waals surface area contributed by atoms with Crippen molar-refractivity contribution in [1.82, 2.24) is 0 Å². The number of unbranched alkanes of at least 4 members (excludes halogenated alkanes) is 5. The second-order valence-corrected chi connectivity index (χ2v) is 5.36. The summed E-state index contributed by atoms with van der Waals surface area (Å²) < 4.78 is 30.7. The van der Waals surface area contributed by atoms with Crippen LogP contribution in [0.5, 0.6) is 0 Å². The number of hydrogen-bond acceptors (Lipinski definition) is 4. The van der Waals surface area contributed by atoms with Gasteiger partial charge < -0.3 is 9.35 Å². The average Bonchev–Trinajstić information content (AvgIpc) is 2.07. The summed E-state index contributed by atoms with van der Waals surface area (Å²) in [7, 11) is -4.03. The Bertz CT molecular complexity index is 275. The van der Waals surface area contributed by atoms with Crippen LogP contribution in [0.3, 0.4) is 0 Å². The van der Waals surface area contributed by atoms with Crippen LogP contribution >= 0.6 is 0 Å². The summed E-state index contributed by atoms with van der Waals surface area (Å²) in [5.41, 5.74) is 0. The third-order valence-corrected chi connectivity index (χ3v) is 2.96. The van der Waals surface area contributed by atoms with Gasteiger partial charge in [0.1, 0.15) is 5.78 Å². The normalized spacial score (nSPS) is 10.9. The van der Waals surface area contributed by atoms with E-state index in [1.807, 2.05) is 0 Å². The summed E-state index contributed by atoms with van der Waals surface area (Å²) in [5.74, 6) is -0.0343. The van der Waals surface area contributed by atoms with Gasteiger partial charge in [-0.15, -0.1) is 0 Å². The SMILES string of the molecule is CC(=O)CCCCCCCCS(=O)(=O)[O-].[Na+]. The molecule has 0 N–H and O–H groups in total. The molecule has 90 valence electrons. The Kier molecular flexibility index (Phi) is 12.7. The van der Waals surface area contributed by atoms with Crippen molar-refractivity contribution >= 4 is 15.9 Å². The molecule has 0 aromatic rings. The van der Waals surface area contributed by atoms with Gasteiger partial charge in [-0.25, -0.2) is 8.42 Å². The van der Waals surface area contributed by atoms with E-state index in [9.17, 15) is 17.8 Å². The van der Waals surface area contributed by atoms with Crippen LogP contribution in [-0.2, 0) is 14.9 Å². The molecule has 0 saturated carbocycles. The number of ketones is 1. The molecule has 4 nitrogen and oxygen atoms in total. The van der Waals surface area contributed by atoms with Crippen molar-refractivity contribution in [3.8, 4) is 0 Å². The van der Waals surface area contributed by atoms with Crippen molar-refractivity contribution in [1.29, 1.82) is 0 Å². The molecule has 16 heavy (non-hydrogen) atoms. The Labute approximate surface area is 120 Å². The quantitative estimate of drug-likeness (QED) is 0.297. The van der Waals surface area contributed by atoms with Gasteiger partial charge in [0.2, 0.25) is 0 Å². The van der Waals surface area contributed by atoms with Gasteiger partial charge >= 0.3 is 29.6 Å². The van der Waals surface area contributed by atoms with E-state index in [-0.39, 0.29) is 41.1 Å². The maximum atomic E-state index is 10.6. The van der Waals surface area contributed by atoms with Crippen molar-refractivity contribution in [3.63, 3.8) is 0 Å². The van der Waals surface area contributed by atoms with Gasteiger partial charge in [0, 0.05) is 12.2 Å². The number of carbonyl (C=O) groups excluding carboxylic acids is 1. The molecule has 0 bridgehead atoms. The van der Waals surface area contributed by atoms with Crippen LogP contribution in [0.2, 0.25) is 0 Å². The van der Waals surface area contributed by atoms with E-state index < -0.39 is 10.1 Å². The van der Waals surface area contributed by atoms with E-state index in [1.54, 1.807) is 6.92 Å². The monoisotopic (exact) mass is 258 g/mol. The molecule has 0 saturated heterocycles. The molecule has 0 aromatic carbocycles. The van der Waals surface area contributed by atoms with E-state index in [1.165, 1.54) is 0 Å². The van der Waals surface area contributed by atoms with E-state index in [0.29, 0.717) is 12.8 Å². The second kappa shape index (κ2) is 10.7. The molecule has 0 radical (unpaired) electrons. The molecule has 0 fully saturated rings. The number of hydrogen-bond donors (Lipinski definition) is 0. The first-order chi connectivity index (χ1) is 6.92. The fraction of sp³-hybridized carbons (Fsp3) is 0.900.